The van der Waals surface area contributed by atoms with Crippen LogP contribution >= 0.6 is 11.3 Å². The van der Waals surface area contributed by atoms with Crippen molar-refractivity contribution in [3.8, 4) is 11.1 Å². The molecular weight excluding hydrogens is 434 g/mol. The van der Waals surface area contributed by atoms with Gasteiger partial charge in [-0.15, -0.1) is 11.3 Å². The molecule has 6 heteroatoms. The van der Waals surface area contributed by atoms with E-state index < -0.39 is 11.7 Å². The van der Waals surface area contributed by atoms with Crippen LogP contribution in [-0.4, -0.2) is 24.3 Å². The number of benzene rings is 3. The van der Waals surface area contributed by atoms with Crippen LogP contribution in [-0.2, 0) is 16.0 Å². The fourth-order valence-electron chi connectivity index (χ4n) is 3.81. The zero-order chi connectivity index (χ0) is 23.6. The Morgan fingerprint density at radius 3 is 2.48 bits per heavy atom. The molecule has 0 atom stereocenters. The van der Waals surface area contributed by atoms with Gasteiger partial charge >= 0.3 is 12.1 Å². The zero-order valence-electron chi connectivity index (χ0n) is 19.2. The maximum absolute atomic E-state index is 12.8. The van der Waals surface area contributed by atoms with Crippen LogP contribution in [0, 0.1) is 0 Å². The van der Waals surface area contributed by atoms with E-state index in [1.54, 1.807) is 6.92 Å². The number of carbonyl (C=O) groups is 2. The molecule has 0 aliphatic rings. The number of alkyl carbamates (subject to hydrolysis) is 1. The molecule has 4 aromatic rings. The SMILES string of the molecule is CCOC(=O)c1c(CNC(=O)OC(C)(C)C)sc2cc(-c3cccc4ccccc34)ccc12. The molecule has 0 bridgehead atoms. The molecule has 0 unspecified atom stereocenters. The van der Waals surface area contributed by atoms with Crippen molar-refractivity contribution in [3.05, 3.63) is 71.1 Å². The van der Waals surface area contributed by atoms with E-state index in [0.29, 0.717) is 5.56 Å². The Morgan fingerprint density at radius 2 is 1.73 bits per heavy atom. The molecule has 1 aromatic heterocycles. The van der Waals surface area contributed by atoms with Gasteiger partial charge in [0.2, 0.25) is 0 Å². The summed E-state index contributed by atoms with van der Waals surface area (Å²) in [6.07, 6.45) is -0.522. The number of esters is 1. The Morgan fingerprint density at radius 1 is 0.970 bits per heavy atom. The Bertz CT molecular complexity index is 1330. The largest absolute Gasteiger partial charge is 0.462 e. The Labute approximate surface area is 197 Å². The van der Waals surface area contributed by atoms with Gasteiger partial charge in [-0.3, -0.25) is 0 Å². The minimum Gasteiger partial charge on any atom is -0.462 e. The summed E-state index contributed by atoms with van der Waals surface area (Å²) in [4.78, 5) is 25.7. The van der Waals surface area contributed by atoms with Gasteiger partial charge < -0.3 is 14.8 Å². The Balaban J connectivity index is 1.74. The molecule has 0 aliphatic heterocycles. The minimum atomic E-state index is -0.596. The van der Waals surface area contributed by atoms with Gasteiger partial charge in [0.25, 0.3) is 0 Å². The highest BCUT2D eigenvalue weighted by atomic mass is 32.1. The van der Waals surface area contributed by atoms with Crippen molar-refractivity contribution in [3.63, 3.8) is 0 Å². The summed E-state index contributed by atoms with van der Waals surface area (Å²) >= 11 is 1.48. The number of fused-ring (bicyclic) bond motifs is 2. The number of thiophene rings is 1. The van der Waals surface area contributed by atoms with E-state index in [2.05, 4.69) is 41.7 Å². The van der Waals surface area contributed by atoms with Gasteiger partial charge in [-0.1, -0.05) is 54.6 Å². The number of hydrogen-bond acceptors (Lipinski definition) is 5. The highest BCUT2D eigenvalue weighted by Gasteiger charge is 2.22. The van der Waals surface area contributed by atoms with Crippen molar-refractivity contribution in [2.45, 2.75) is 39.8 Å². The minimum absolute atomic E-state index is 0.187. The van der Waals surface area contributed by atoms with Gasteiger partial charge in [0, 0.05) is 15.0 Å². The molecule has 4 rings (SSSR count). The second-order valence-corrected chi connectivity index (χ2v) is 9.85. The van der Waals surface area contributed by atoms with Crippen molar-refractivity contribution >= 4 is 44.3 Å². The van der Waals surface area contributed by atoms with Crippen molar-refractivity contribution in [2.75, 3.05) is 6.61 Å². The molecule has 5 nitrogen and oxygen atoms in total. The van der Waals surface area contributed by atoms with E-state index in [1.165, 1.54) is 22.1 Å². The lowest BCUT2D eigenvalue weighted by Gasteiger charge is -2.19. The fourth-order valence-corrected chi connectivity index (χ4v) is 4.98. The molecule has 0 saturated heterocycles. The number of ether oxygens (including phenoxy) is 2. The quantitative estimate of drug-likeness (QED) is 0.328. The normalized spacial score (nSPS) is 11.5. The second-order valence-electron chi connectivity index (χ2n) is 8.71. The van der Waals surface area contributed by atoms with Crippen molar-refractivity contribution < 1.29 is 19.1 Å². The molecule has 0 aliphatic carbocycles. The van der Waals surface area contributed by atoms with Crippen LogP contribution in [0.4, 0.5) is 4.79 Å². The third-order valence-corrected chi connectivity index (χ3v) is 6.29. The maximum Gasteiger partial charge on any atom is 0.407 e. The predicted octanol–water partition coefficient (Wildman–Crippen LogP) is 6.92. The van der Waals surface area contributed by atoms with Crippen molar-refractivity contribution in [2.24, 2.45) is 0 Å². The van der Waals surface area contributed by atoms with Crippen molar-refractivity contribution in [1.29, 1.82) is 0 Å². The third kappa shape index (κ3) is 5.01. The number of carbonyl (C=O) groups excluding carboxylic acids is 2. The standard InChI is InChI=1S/C27H27NO4S/c1-5-31-25(29)24-21-14-13-18(20-12-8-10-17-9-6-7-11-19(17)20)15-22(21)33-23(24)16-28-26(30)32-27(2,3)4/h6-15H,5,16H2,1-4H3,(H,28,30). The summed E-state index contributed by atoms with van der Waals surface area (Å²) in [6.45, 7) is 7.68. The van der Waals surface area contributed by atoms with Crippen LogP contribution in [0.25, 0.3) is 32.0 Å². The van der Waals surface area contributed by atoms with E-state index in [0.717, 1.165) is 26.1 Å². The zero-order valence-corrected chi connectivity index (χ0v) is 20.0. The Hall–Kier alpha value is -3.38. The first-order valence-electron chi connectivity index (χ1n) is 10.9. The van der Waals surface area contributed by atoms with Crippen LogP contribution in [0.3, 0.4) is 0 Å². The lowest BCUT2D eigenvalue weighted by atomic mass is 9.97. The van der Waals surface area contributed by atoms with Crippen LogP contribution in [0.1, 0.15) is 42.9 Å². The number of hydrogen-bond donors (Lipinski definition) is 1. The molecule has 0 radical (unpaired) electrons. The number of rotatable bonds is 5. The first kappa shape index (κ1) is 22.8. The highest BCUT2D eigenvalue weighted by Crippen LogP contribution is 2.37. The maximum atomic E-state index is 12.8. The number of amides is 1. The molecule has 1 heterocycles. The summed E-state index contributed by atoms with van der Waals surface area (Å²) in [6, 6.07) is 20.6. The van der Waals surface area contributed by atoms with Crippen LogP contribution in [0.2, 0.25) is 0 Å². The van der Waals surface area contributed by atoms with E-state index in [-0.39, 0.29) is 19.1 Å². The first-order valence-corrected chi connectivity index (χ1v) is 11.8. The topological polar surface area (TPSA) is 64.6 Å². The lowest BCUT2D eigenvalue weighted by molar-refractivity contribution is 0.0505. The summed E-state index contributed by atoms with van der Waals surface area (Å²) in [5.74, 6) is -0.386. The molecule has 170 valence electrons. The van der Waals surface area contributed by atoms with Gasteiger partial charge in [-0.05, 0) is 55.7 Å². The highest BCUT2D eigenvalue weighted by molar-refractivity contribution is 7.19. The predicted molar refractivity (Wildman–Crippen MR) is 134 cm³/mol. The molecule has 33 heavy (non-hydrogen) atoms. The van der Waals surface area contributed by atoms with Crippen LogP contribution in [0.15, 0.2) is 60.7 Å². The molecule has 0 saturated carbocycles. The van der Waals surface area contributed by atoms with Gasteiger partial charge in [-0.2, -0.15) is 0 Å². The second kappa shape index (κ2) is 9.24. The molecule has 1 amide bonds. The van der Waals surface area contributed by atoms with Gasteiger partial charge in [0.1, 0.15) is 5.60 Å². The third-order valence-electron chi connectivity index (χ3n) is 5.14. The van der Waals surface area contributed by atoms with Crippen LogP contribution in [0.5, 0.6) is 0 Å². The van der Waals surface area contributed by atoms with E-state index in [1.807, 2.05) is 45.0 Å². The van der Waals surface area contributed by atoms with E-state index in [4.69, 9.17) is 9.47 Å². The molecule has 1 N–H and O–H groups in total. The van der Waals surface area contributed by atoms with Gasteiger partial charge in [0.05, 0.1) is 18.7 Å². The molecule has 3 aromatic carbocycles. The fraction of sp³-hybridized carbons (Fsp3) is 0.259. The molecular formula is C27H27NO4S. The summed E-state index contributed by atoms with van der Waals surface area (Å²) < 4.78 is 11.6. The summed E-state index contributed by atoms with van der Waals surface area (Å²) in [5, 5.41) is 5.94. The Kier molecular flexibility index (Phi) is 6.38. The summed E-state index contributed by atoms with van der Waals surface area (Å²) in [5.41, 5.74) is 2.11. The van der Waals surface area contributed by atoms with E-state index >= 15 is 0 Å². The van der Waals surface area contributed by atoms with Crippen LogP contribution < -0.4 is 5.32 Å². The smallest absolute Gasteiger partial charge is 0.407 e. The summed E-state index contributed by atoms with van der Waals surface area (Å²) in [7, 11) is 0. The number of nitrogens with one attached hydrogen (secondary N) is 1. The monoisotopic (exact) mass is 461 g/mol. The lowest BCUT2D eigenvalue weighted by Crippen LogP contribution is -2.32. The first-order chi connectivity index (χ1) is 15.8. The average molecular weight is 462 g/mol. The van der Waals surface area contributed by atoms with Gasteiger partial charge in [-0.25, -0.2) is 9.59 Å². The molecule has 0 fully saturated rings. The average Bonchev–Trinajstić information content (AvgIpc) is 3.14. The molecule has 0 spiro atoms. The van der Waals surface area contributed by atoms with E-state index in [9.17, 15) is 9.59 Å². The van der Waals surface area contributed by atoms with Crippen molar-refractivity contribution in [1.82, 2.24) is 5.32 Å². The van der Waals surface area contributed by atoms with Gasteiger partial charge in [0.15, 0.2) is 0 Å².